The van der Waals surface area contributed by atoms with Crippen LogP contribution in [0.25, 0.3) is 0 Å². The molecule has 1 aromatic carbocycles. The van der Waals surface area contributed by atoms with Crippen LogP contribution >= 0.6 is 0 Å². The molecule has 0 atom stereocenters. The Hall–Kier alpha value is -1.84. The van der Waals surface area contributed by atoms with E-state index in [1.54, 1.807) is 20.8 Å². The summed E-state index contributed by atoms with van der Waals surface area (Å²) in [5.74, 6) is 0. The highest BCUT2D eigenvalue weighted by atomic mass is 32.2. The van der Waals surface area contributed by atoms with Gasteiger partial charge in [-0.25, -0.2) is 8.42 Å². The van der Waals surface area contributed by atoms with Crippen molar-refractivity contribution in [3.8, 4) is 6.07 Å². The minimum absolute atomic E-state index is 0.00766. The lowest BCUT2D eigenvalue weighted by atomic mass is 10.1. The zero-order chi connectivity index (χ0) is 15.6. The van der Waals surface area contributed by atoms with Gasteiger partial charge in [-0.1, -0.05) is 6.08 Å². The van der Waals surface area contributed by atoms with Crippen LogP contribution in [0.3, 0.4) is 0 Å². The van der Waals surface area contributed by atoms with E-state index in [1.165, 1.54) is 28.6 Å². The summed E-state index contributed by atoms with van der Waals surface area (Å²) in [5.41, 5.74) is 5.57. The van der Waals surface area contributed by atoms with E-state index < -0.39 is 15.6 Å². The maximum absolute atomic E-state index is 12.7. The van der Waals surface area contributed by atoms with Gasteiger partial charge in [0.1, 0.15) is 4.90 Å². The molecular weight excluding hydrogens is 274 g/mol. The van der Waals surface area contributed by atoms with Gasteiger partial charge in [-0.2, -0.15) is 9.57 Å². The number of nitriles is 1. The number of rotatable bonds is 4. The molecule has 1 rings (SSSR count). The fourth-order valence-electron chi connectivity index (χ4n) is 1.82. The Bertz CT molecular complexity index is 652. The summed E-state index contributed by atoms with van der Waals surface area (Å²) in [4.78, 5) is 0.00766. The normalized spacial score (nSPS) is 12.2. The van der Waals surface area contributed by atoms with Crippen LogP contribution in [0.5, 0.6) is 0 Å². The summed E-state index contributed by atoms with van der Waals surface area (Å²) in [6.07, 6.45) is 1.53. The smallest absolute Gasteiger partial charge is 0.245 e. The number of benzene rings is 1. The average Bonchev–Trinajstić information content (AvgIpc) is 2.33. The van der Waals surface area contributed by atoms with E-state index in [4.69, 9.17) is 11.0 Å². The topological polar surface area (TPSA) is 87.2 Å². The fraction of sp³-hybridized carbons (Fsp3) is 0.357. The predicted molar refractivity (Wildman–Crippen MR) is 79.4 cm³/mol. The van der Waals surface area contributed by atoms with Crippen molar-refractivity contribution in [3.05, 3.63) is 36.4 Å². The molecular formula is C14H19N3O2S. The number of sulfonamides is 1. The molecule has 0 saturated heterocycles. The maximum Gasteiger partial charge on any atom is 0.245 e. The lowest BCUT2D eigenvalue weighted by Crippen LogP contribution is -2.45. The lowest BCUT2D eigenvalue weighted by molar-refractivity contribution is 0.270. The van der Waals surface area contributed by atoms with Crippen LogP contribution in [0.4, 0.5) is 5.69 Å². The molecule has 1 aromatic rings. The lowest BCUT2D eigenvalue weighted by Gasteiger charge is -2.33. The first-order valence-corrected chi connectivity index (χ1v) is 7.52. The summed E-state index contributed by atoms with van der Waals surface area (Å²) in [6.45, 7) is 9.17. The van der Waals surface area contributed by atoms with Gasteiger partial charge in [0.15, 0.2) is 0 Å². The Morgan fingerprint density at radius 2 is 2.05 bits per heavy atom. The van der Waals surface area contributed by atoms with Gasteiger partial charge >= 0.3 is 0 Å². The molecule has 6 heteroatoms. The highest BCUT2D eigenvalue weighted by Crippen LogP contribution is 2.28. The first kappa shape index (κ1) is 16.2. The van der Waals surface area contributed by atoms with Crippen LogP contribution in [0.1, 0.15) is 26.3 Å². The van der Waals surface area contributed by atoms with Crippen molar-refractivity contribution in [1.82, 2.24) is 4.31 Å². The molecule has 5 nitrogen and oxygen atoms in total. The van der Waals surface area contributed by atoms with Gasteiger partial charge in [0, 0.05) is 12.1 Å². The highest BCUT2D eigenvalue weighted by Gasteiger charge is 2.34. The zero-order valence-corrected chi connectivity index (χ0v) is 12.7. The van der Waals surface area contributed by atoms with Gasteiger partial charge in [0.25, 0.3) is 0 Å². The van der Waals surface area contributed by atoms with E-state index in [1.807, 2.05) is 6.07 Å². The van der Waals surface area contributed by atoms with Crippen LogP contribution < -0.4 is 5.73 Å². The Morgan fingerprint density at radius 3 is 2.45 bits per heavy atom. The summed E-state index contributed by atoms with van der Waals surface area (Å²) in [6, 6.07) is 6.10. The van der Waals surface area contributed by atoms with Crippen molar-refractivity contribution in [3.63, 3.8) is 0 Å². The largest absolute Gasteiger partial charge is 0.398 e. The second-order valence-electron chi connectivity index (χ2n) is 5.36. The molecule has 20 heavy (non-hydrogen) atoms. The molecule has 108 valence electrons. The summed E-state index contributed by atoms with van der Waals surface area (Å²) in [5, 5.41) is 8.80. The third-order valence-corrected chi connectivity index (χ3v) is 4.95. The average molecular weight is 293 g/mol. The molecule has 0 aliphatic carbocycles. The van der Waals surface area contributed by atoms with E-state index in [2.05, 4.69) is 6.58 Å². The number of anilines is 1. The molecule has 0 spiro atoms. The molecule has 0 heterocycles. The SMILES string of the molecule is C=CCN(C(C)(C)C)S(=O)(=O)c1ccc(C#N)cc1N. The molecule has 0 unspecified atom stereocenters. The van der Waals surface area contributed by atoms with Crippen molar-refractivity contribution in [2.45, 2.75) is 31.2 Å². The third kappa shape index (κ3) is 3.18. The molecule has 0 bridgehead atoms. The van der Waals surface area contributed by atoms with Crippen LogP contribution in [0.2, 0.25) is 0 Å². The van der Waals surface area contributed by atoms with Gasteiger partial charge in [-0.3, -0.25) is 0 Å². The Kier molecular flexibility index (Phi) is 4.58. The summed E-state index contributed by atoms with van der Waals surface area (Å²) < 4.78 is 26.7. The quantitative estimate of drug-likeness (QED) is 0.680. The van der Waals surface area contributed by atoms with Crippen molar-refractivity contribution >= 4 is 15.7 Å². The van der Waals surface area contributed by atoms with E-state index in [0.29, 0.717) is 5.56 Å². The standard InChI is InChI=1S/C14H19N3O2S/c1-5-8-17(14(2,3)4)20(18,19)13-7-6-11(10-15)9-12(13)16/h5-7,9H,1,8,16H2,2-4H3. The van der Waals surface area contributed by atoms with Crippen LogP contribution in [0.15, 0.2) is 35.7 Å². The summed E-state index contributed by atoms with van der Waals surface area (Å²) >= 11 is 0. The van der Waals surface area contributed by atoms with Crippen LogP contribution in [-0.2, 0) is 10.0 Å². The second-order valence-corrected chi connectivity index (χ2v) is 7.19. The Labute approximate surface area is 120 Å². The molecule has 0 saturated carbocycles. The summed E-state index contributed by atoms with van der Waals surface area (Å²) in [7, 11) is -3.75. The van der Waals surface area contributed by atoms with Gasteiger partial charge in [0.05, 0.1) is 17.3 Å². The minimum atomic E-state index is -3.75. The van der Waals surface area contributed by atoms with Crippen LogP contribution in [-0.4, -0.2) is 24.8 Å². The Balaban J connectivity index is 3.42. The molecule has 0 aliphatic rings. The number of nitrogen functional groups attached to an aromatic ring is 1. The molecule has 0 radical (unpaired) electrons. The molecule has 0 amide bonds. The molecule has 0 fully saturated rings. The van der Waals surface area contributed by atoms with Gasteiger partial charge < -0.3 is 5.73 Å². The number of hydrogen-bond acceptors (Lipinski definition) is 4. The van der Waals surface area contributed by atoms with E-state index in [9.17, 15) is 8.42 Å². The number of hydrogen-bond donors (Lipinski definition) is 1. The van der Waals surface area contributed by atoms with Crippen molar-refractivity contribution in [2.75, 3.05) is 12.3 Å². The van der Waals surface area contributed by atoms with Crippen molar-refractivity contribution in [1.29, 1.82) is 5.26 Å². The van der Waals surface area contributed by atoms with Gasteiger partial charge in [-0.05, 0) is 39.0 Å². The minimum Gasteiger partial charge on any atom is -0.398 e. The predicted octanol–water partition coefficient (Wildman–Crippen LogP) is 2.12. The van der Waals surface area contributed by atoms with Gasteiger partial charge in [0.2, 0.25) is 10.0 Å². The van der Waals surface area contributed by atoms with E-state index >= 15 is 0 Å². The van der Waals surface area contributed by atoms with E-state index in [0.717, 1.165) is 0 Å². The molecule has 0 aromatic heterocycles. The third-order valence-electron chi connectivity index (χ3n) is 2.75. The van der Waals surface area contributed by atoms with Crippen LogP contribution in [0, 0.1) is 11.3 Å². The van der Waals surface area contributed by atoms with E-state index in [-0.39, 0.29) is 17.1 Å². The number of nitrogens with two attached hydrogens (primary N) is 1. The second kappa shape index (κ2) is 5.65. The maximum atomic E-state index is 12.7. The van der Waals surface area contributed by atoms with Crippen molar-refractivity contribution in [2.24, 2.45) is 0 Å². The Morgan fingerprint density at radius 1 is 1.45 bits per heavy atom. The fourth-order valence-corrected chi connectivity index (χ4v) is 3.68. The first-order valence-electron chi connectivity index (χ1n) is 6.08. The zero-order valence-electron chi connectivity index (χ0n) is 11.9. The van der Waals surface area contributed by atoms with Gasteiger partial charge in [-0.15, -0.1) is 6.58 Å². The highest BCUT2D eigenvalue weighted by molar-refractivity contribution is 7.89. The molecule has 2 N–H and O–H groups in total. The first-order chi connectivity index (χ1) is 9.14. The van der Waals surface area contributed by atoms with Crippen molar-refractivity contribution < 1.29 is 8.42 Å². The number of nitrogens with zero attached hydrogens (tertiary/aromatic N) is 2. The molecule has 0 aliphatic heterocycles. The monoisotopic (exact) mass is 293 g/mol.